The largest absolute Gasteiger partial charge is 0.496 e. The van der Waals surface area contributed by atoms with Gasteiger partial charge in [-0.25, -0.2) is 0 Å². The van der Waals surface area contributed by atoms with Crippen molar-refractivity contribution in [2.75, 3.05) is 14.2 Å². The Hall–Kier alpha value is -1.18. The molecular weight excluding hydrogens is 188 g/mol. The van der Waals surface area contributed by atoms with Crippen molar-refractivity contribution in [1.29, 1.82) is 0 Å². The van der Waals surface area contributed by atoms with Gasteiger partial charge >= 0.3 is 0 Å². The topological polar surface area (TPSA) is 18.5 Å². The van der Waals surface area contributed by atoms with Gasteiger partial charge in [-0.05, 0) is 43.9 Å². The summed E-state index contributed by atoms with van der Waals surface area (Å²) in [6.07, 6.45) is 0.965. The van der Waals surface area contributed by atoms with E-state index in [0.717, 1.165) is 17.9 Å². The van der Waals surface area contributed by atoms with Crippen LogP contribution in [0.3, 0.4) is 0 Å². The van der Waals surface area contributed by atoms with Crippen LogP contribution in [0.25, 0.3) is 0 Å². The zero-order valence-corrected chi connectivity index (χ0v) is 10.5. The summed E-state index contributed by atoms with van der Waals surface area (Å²) in [6, 6.07) is 0. The maximum Gasteiger partial charge on any atom is 0.125 e. The standard InChI is InChI=1S/C13H20O2/c1-7-11-10(4)12(14-5)8(2)9(3)13(11)15-6/h7H2,1-6H3. The van der Waals surface area contributed by atoms with Crippen LogP contribution in [0, 0.1) is 20.8 Å². The van der Waals surface area contributed by atoms with Crippen LogP contribution in [0.4, 0.5) is 0 Å². The van der Waals surface area contributed by atoms with Crippen LogP contribution in [-0.2, 0) is 6.42 Å². The Bertz CT molecular complexity index is 368. The molecule has 0 aliphatic heterocycles. The summed E-state index contributed by atoms with van der Waals surface area (Å²) in [7, 11) is 3.45. The van der Waals surface area contributed by atoms with Gasteiger partial charge in [0.05, 0.1) is 14.2 Å². The minimum atomic E-state index is 0.965. The first kappa shape index (κ1) is 11.9. The van der Waals surface area contributed by atoms with Gasteiger partial charge in [-0.15, -0.1) is 0 Å². The average molecular weight is 208 g/mol. The molecule has 1 rings (SSSR count). The Morgan fingerprint density at radius 3 is 1.67 bits per heavy atom. The van der Waals surface area contributed by atoms with E-state index in [2.05, 4.69) is 27.7 Å². The van der Waals surface area contributed by atoms with Gasteiger partial charge in [0.1, 0.15) is 11.5 Å². The molecule has 0 saturated carbocycles. The smallest absolute Gasteiger partial charge is 0.125 e. The summed E-state index contributed by atoms with van der Waals surface area (Å²) in [5.74, 6) is 2.00. The monoisotopic (exact) mass is 208 g/mol. The van der Waals surface area contributed by atoms with Gasteiger partial charge in [0.15, 0.2) is 0 Å². The van der Waals surface area contributed by atoms with Crippen molar-refractivity contribution >= 4 is 0 Å². The van der Waals surface area contributed by atoms with Crippen LogP contribution in [0.5, 0.6) is 11.5 Å². The Balaban J connectivity index is 3.57. The maximum absolute atomic E-state index is 5.47. The minimum absolute atomic E-state index is 0.965. The molecule has 0 saturated heterocycles. The van der Waals surface area contributed by atoms with Gasteiger partial charge in [0.2, 0.25) is 0 Å². The highest BCUT2D eigenvalue weighted by Gasteiger charge is 2.16. The summed E-state index contributed by atoms with van der Waals surface area (Å²) < 4.78 is 10.9. The van der Waals surface area contributed by atoms with Crippen LogP contribution in [0.15, 0.2) is 0 Å². The second kappa shape index (κ2) is 4.56. The molecule has 2 nitrogen and oxygen atoms in total. The Kier molecular flexibility index (Phi) is 3.61. The fourth-order valence-corrected chi connectivity index (χ4v) is 2.16. The summed E-state index contributed by atoms with van der Waals surface area (Å²) in [5, 5.41) is 0. The molecule has 0 atom stereocenters. The molecule has 0 N–H and O–H groups in total. The third kappa shape index (κ3) is 1.81. The molecule has 1 aromatic rings. The van der Waals surface area contributed by atoms with Gasteiger partial charge in [-0.3, -0.25) is 0 Å². The lowest BCUT2D eigenvalue weighted by Crippen LogP contribution is -2.03. The number of ether oxygens (including phenoxy) is 2. The Morgan fingerprint density at radius 1 is 0.800 bits per heavy atom. The Morgan fingerprint density at radius 2 is 1.27 bits per heavy atom. The molecule has 0 fully saturated rings. The molecule has 15 heavy (non-hydrogen) atoms. The van der Waals surface area contributed by atoms with E-state index in [1.54, 1.807) is 14.2 Å². The van der Waals surface area contributed by atoms with Crippen molar-refractivity contribution in [2.45, 2.75) is 34.1 Å². The van der Waals surface area contributed by atoms with Gasteiger partial charge in [0.25, 0.3) is 0 Å². The molecule has 1 aromatic carbocycles. The molecule has 0 heterocycles. The van der Waals surface area contributed by atoms with E-state index in [1.807, 2.05) is 0 Å². The zero-order chi connectivity index (χ0) is 11.6. The molecule has 0 aliphatic rings. The summed E-state index contributed by atoms with van der Waals surface area (Å²) >= 11 is 0. The minimum Gasteiger partial charge on any atom is -0.496 e. The van der Waals surface area contributed by atoms with Crippen molar-refractivity contribution in [3.63, 3.8) is 0 Å². The van der Waals surface area contributed by atoms with E-state index in [-0.39, 0.29) is 0 Å². The van der Waals surface area contributed by atoms with Crippen molar-refractivity contribution in [1.82, 2.24) is 0 Å². The fraction of sp³-hybridized carbons (Fsp3) is 0.538. The summed E-state index contributed by atoms with van der Waals surface area (Å²) in [4.78, 5) is 0. The lowest BCUT2D eigenvalue weighted by Gasteiger charge is -2.19. The molecular formula is C13H20O2. The van der Waals surface area contributed by atoms with Crippen molar-refractivity contribution in [3.05, 3.63) is 22.3 Å². The van der Waals surface area contributed by atoms with E-state index in [4.69, 9.17) is 9.47 Å². The van der Waals surface area contributed by atoms with Gasteiger partial charge in [0, 0.05) is 5.56 Å². The van der Waals surface area contributed by atoms with Crippen LogP contribution in [0.2, 0.25) is 0 Å². The first-order valence-corrected chi connectivity index (χ1v) is 5.29. The molecule has 2 heteroatoms. The summed E-state index contributed by atoms with van der Waals surface area (Å²) in [5.41, 5.74) is 4.79. The van der Waals surface area contributed by atoms with E-state index in [1.165, 1.54) is 22.3 Å². The number of rotatable bonds is 3. The lowest BCUT2D eigenvalue weighted by molar-refractivity contribution is 0.391. The first-order chi connectivity index (χ1) is 7.08. The van der Waals surface area contributed by atoms with Crippen molar-refractivity contribution < 1.29 is 9.47 Å². The number of methoxy groups -OCH3 is 2. The van der Waals surface area contributed by atoms with E-state index < -0.39 is 0 Å². The number of benzene rings is 1. The summed E-state index contributed by atoms with van der Waals surface area (Å²) in [6.45, 7) is 8.38. The molecule has 84 valence electrons. The van der Waals surface area contributed by atoms with E-state index in [0.29, 0.717) is 0 Å². The first-order valence-electron chi connectivity index (χ1n) is 5.29. The number of hydrogen-bond donors (Lipinski definition) is 0. The molecule has 0 bridgehead atoms. The van der Waals surface area contributed by atoms with Gasteiger partial charge in [-0.1, -0.05) is 6.92 Å². The number of hydrogen-bond acceptors (Lipinski definition) is 2. The SMILES string of the molecule is CCc1c(C)c(OC)c(C)c(C)c1OC. The molecule has 0 aliphatic carbocycles. The normalized spacial score (nSPS) is 10.3. The molecule has 0 unspecified atom stereocenters. The van der Waals surface area contributed by atoms with Crippen LogP contribution < -0.4 is 9.47 Å². The van der Waals surface area contributed by atoms with Gasteiger partial charge in [-0.2, -0.15) is 0 Å². The van der Waals surface area contributed by atoms with Crippen molar-refractivity contribution in [2.24, 2.45) is 0 Å². The molecule has 0 aromatic heterocycles. The third-order valence-electron chi connectivity index (χ3n) is 3.07. The molecule has 0 spiro atoms. The predicted molar refractivity (Wildman–Crippen MR) is 63.1 cm³/mol. The second-order valence-corrected chi connectivity index (χ2v) is 3.77. The Labute approximate surface area is 92.2 Å². The van der Waals surface area contributed by atoms with E-state index >= 15 is 0 Å². The quantitative estimate of drug-likeness (QED) is 0.759. The average Bonchev–Trinajstić information content (AvgIpc) is 2.23. The van der Waals surface area contributed by atoms with Gasteiger partial charge < -0.3 is 9.47 Å². The molecule has 0 amide bonds. The highest BCUT2D eigenvalue weighted by Crippen LogP contribution is 2.37. The second-order valence-electron chi connectivity index (χ2n) is 3.77. The van der Waals surface area contributed by atoms with E-state index in [9.17, 15) is 0 Å². The highest BCUT2D eigenvalue weighted by molar-refractivity contribution is 5.57. The van der Waals surface area contributed by atoms with Crippen molar-refractivity contribution in [3.8, 4) is 11.5 Å². The predicted octanol–water partition coefficient (Wildman–Crippen LogP) is 3.19. The zero-order valence-electron chi connectivity index (χ0n) is 10.5. The lowest BCUT2D eigenvalue weighted by atomic mass is 9.96. The van der Waals surface area contributed by atoms with Crippen LogP contribution in [0.1, 0.15) is 29.2 Å². The maximum atomic E-state index is 5.47. The fourth-order valence-electron chi connectivity index (χ4n) is 2.16. The van der Waals surface area contributed by atoms with Crippen LogP contribution >= 0.6 is 0 Å². The highest BCUT2D eigenvalue weighted by atomic mass is 16.5. The van der Waals surface area contributed by atoms with Crippen LogP contribution in [-0.4, -0.2) is 14.2 Å². The third-order valence-corrected chi connectivity index (χ3v) is 3.07. The molecule has 0 radical (unpaired) electrons.